The Morgan fingerprint density at radius 3 is 2.59 bits per heavy atom. The number of rotatable bonds is 3. The van der Waals surface area contributed by atoms with E-state index in [4.69, 9.17) is 4.74 Å². The fraction of sp³-hybridized carbons (Fsp3) is 0.615. The Labute approximate surface area is 112 Å². The van der Waals surface area contributed by atoms with E-state index < -0.39 is 5.60 Å². The van der Waals surface area contributed by atoms with Crippen molar-refractivity contribution in [1.82, 2.24) is 0 Å². The van der Waals surface area contributed by atoms with Gasteiger partial charge in [0, 0.05) is 6.92 Å². The minimum atomic E-state index is -0.773. The van der Waals surface area contributed by atoms with Crippen molar-refractivity contribution in [2.24, 2.45) is 0 Å². The molecule has 0 N–H and O–H groups in total. The van der Waals surface area contributed by atoms with Crippen LogP contribution in [0.15, 0.2) is 12.2 Å². The zero-order valence-corrected chi connectivity index (χ0v) is 12.1. The molecule has 17 heavy (non-hydrogen) atoms. The highest BCUT2D eigenvalue weighted by Gasteiger charge is 2.40. The summed E-state index contributed by atoms with van der Waals surface area (Å²) < 4.78 is 5.69. The van der Waals surface area contributed by atoms with Crippen LogP contribution in [0.25, 0.3) is 0 Å². The standard InChI is InChI=1S/C13H18O2S2/c1-4-7-13(8-5-2,15-11(3)14)12-16-9-6-10-17-12/h4,7,12H,6,9-10H2,1-3H3/b7-4+. The van der Waals surface area contributed by atoms with Gasteiger partial charge in [-0.25, -0.2) is 0 Å². The topological polar surface area (TPSA) is 26.3 Å². The Balaban J connectivity index is 3.01. The van der Waals surface area contributed by atoms with Crippen molar-refractivity contribution in [2.75, 3.05) is 11.5 Å². The van der Waals surface area contributed by atoms with Crippen LogP contribution in [-0.4, -0.2) is 27.7 Å². The highest BCUT2D eigenvalue weighted by atomic mass is 32.2. The molecule has 0 aromatic carbocycles. The fourth-order valence-corrected chi connectivity index (χ4v) is 4.76. The van der Waals surface area contributed by atoms with Gasteiger partial charge in [-0.1, -0.05) is 6.08 Å². The summed E-state index contributed by atoms with van der Waals surface area (Å²) in [6, 6.07) is 0. The number of hydrogen-bond donors (Lipinski definition) is 0. The second-order valence-corrected chi connectivity index (χ2v) is 6.41. The van der Waals surface area contributed by atoms with E-state index in [2.05, 4.69) is 11.8 Å². The first-order valence-corrected chi connectivity index (χ1v) is 7.75. The predicted molar refractivity (Wildman–Crippen MR) is 76.1 cm³/mol. The van der Waals surface area contributed by atoms with Crippen molar-refractivity contribution < 1.29 is 9.53 Å². The monoisotopic (exact) mass is 270 g/mol. The lowest BCUT2D eigenvalue weighted by Crippen LogP contribution is -2.41. The van der Waals surface area contributed by atoms with E-state index in [0.29, 0.717) is 0 Å². The minimum Gasteiger partial charge on any atom is -0.440 e. The summed E-state index contributed by atoms with van der Waals surface area (Å²) in [6.07, 6.45) is 5.02. The molecule has 1 aliphatic heterocycles. The molecule has 0 amide bonds. The van der Waals surface area contributed by atoms with Crippen LogP contribution in [0, 0.1) is 11.8 Å². The maximum Gasteiger partial charge on any atom is 0.304 e. The molecular weight excluding hydrogens is 252 g/mol. The largest absolute Gasteiger partial charge is 0.440 e. The van der Waals surface area contributed by atoms with Gasteiger partial charge in [0.15, 0.2) is 0 Å². The van der Waals surface area contributed by atoms with Crippen molar-refractivity contribution in [3.63, 3.8) is 0 Å². The molecule has 4 heteroatoms. The highest BCUT2D eigenvalue weighted by molar-refractivity contribution is 8.17. The number of allylic oxidation sites excluding steroid dienone is 1. The molecule has 1 aliphatic rings. The van der Waals surface area contributed by atoms with E-state index >= 15 is 0 Å². The van der Waals surface area contributed by atoms with Gasteiger partial charge in [0.1, 0.15) is 4.58 Å². The van der Waals surface area contributed by atoms with Crippen LogP contribution in [0.2, 0.25) is 0 Å². The van der Waals surface area contributed by atoms with Gasteiger partial charge in [0.2, 0.25) is 5.60 Å². The molecule has 2 nitrogen and oxygen atoms in total. The van der Waals surface area contributed by atoms with Gasteiger partial charge in [-0.3, -0.25) is 4.79 Å². The summed E-state index contributed by atoms with van der Waals surface area (Å²) in [7, 11) is 0. The van der Waals surface area contributed by atoms with Crippen LogP contribution < -0.4 is 0 Å². The maximum absolute atomic E-state index is 11.3. The maximum atomic E-state index is 11.3. The quantitative estimate of drug-likeness (QED) is 0.447. The zero-order valence-electron chi connectivity index (χ0n) is 10.5. The third-order valence-electron chi connectivity index (χ3n) is 2.22. The first kappa shape index (κ1) is 14.5. The molecule has 1 rings (SSSR count). The first-order chi connectivity index (χ1) is 8.14. The van der Waals surface area contributed by atoms with Gasteiger partial charge in [-0.05, 0) is 43.8 Å². The van der Waals surface area contributed by atoms with E-state index in [1.54, 1.807) is 6.92 Å². The molecule has 1 heterocycles. The summed E-state index contributed by atoms with van der Waals surface area (Å²) >= 11 is 3.65. The lowest BCUT2D eigenvalue weighted by atomic mass is 10.1. The summed E-state index contributed by atoms with van der Waals surface area (Å²) in [5, 5.41) is 0. The predicted octanol–water partition coefficient (Wildman–Crippen LogP) is 3.08. The molecule has 0 aliphatic carbocycles. The average Bonchev–Trinajstić information content (AvgIpc) is 2.30. The van der Waals surface area contributed by atoms with Crippen LogP contribution in [0.5, 0.6) is 0 Å². The number of carbonyl (C=O) groups is 1. The van der Waals surface area contributed by atoms with Crippen LogP contribution in [-0.2, 0) is 9.53 Å². The Morgan fingerprint density at radius 2 is 2.12 bits per heavy atom. The van der Waals surface area contributed by atoms with Crippen molar-refractivity contribution in [2.45, 2.75) is 37.4 Å². The zero-order chi connectivity index (χ0) is 12.7. The number of thioether (sulfide) groups is 2. The number of carbonyl (C=O) groups excluding carboxylic acids is 1. The van der Waals surface area contributed by atoms with E-state index in [1.165, 1.54) is 13.3 Å². The lowest BCUT2D eigenvalue weighted by molar-refractivity contribution is -0.147. The van der Waals surface area contributed by atoms with Gasteiger partial charge < -0.3 is 4.74 Å². The smallest absolute Gasteiger partial charge is 0.304 e. The van der Waals surface area contributed by atoms with Crippen molar-refractivity contribution >= 4 is 29.5 Å². The van der Waals surface area contributed by atoms with Gasteiger partial charge >= 0.3 is 5.97 Å². The van der Waals surface area contributed by atoms with Crippen LogP contribution in [0.3, 0.4) is 0 Å². The lowest BCUT2D eigenvalue weighted by Gasteiger charge is -2.34. The van der Waals surface area contributed by atoms with Crippen LogP contribution >= 0.6 is 23.5 Å². The first-order valence-electron chi connectivity index (χ1n) is 5.65. The summed E-state index contributed by atoms with van der Waals surface area (Å²) in [5.41, 5.74) is -0.773. The van der Waals surface area contributed by atoms with Crippen molar-refractivity contribution in [1.29, 1.82) is 0 Å². The van der Waals surface area contributed by atoms with E-state index in [9.17, 15) is 4.79 Å². The van der Waals surface area contributed by atoms with E-state index in [-0.39, 0.29) is 10.6 Å². The van der Waals surface area contributed by atoms with Crippen molar-refractivity contribution in [3.8, 4) is 11.8 Å². The molecule has 94 valence electrons. The second-order valence-electron chi connectivity index (χ2n) is 3.69. The summed E-state index contributed by atoms with van der Waals surface area (Å²) in [6.45, 7) is 5.14. The summed E-state index contributed by atoms with van der Waals surface area (Å²) in [4.78, 5) is 11.3. The normalized spacial score (nSPS) is 20.4. The molecule has 1 saturated heterocycles. The molecule has 0 bridgehead atoms. The average molecular weight is 270 g/mol. The Kier molecular flexibility index (Phi) is 6.01. The molecule has 0 aromatic rings. The molecule has 1 unspecified atom stereocenters. The number of hydrogen-bond acceptors (Lipinski definition) is 4. The second kappa shape index (κ2) is 7.03. The molecular formula is C13H18O2S2. The van der Waals surface area contributed by atoms with Crippen molar-refractivity contribution in [3.05, 3.63) is 12.2 Å². The molecule has 1 atom stereocenters. The third-order valence-corrected chi connectivity index (χ3v) is 5.40. The van der Waals surface area contributed by atoms with Crippen LogP contribution in [0.4, 0.5) is 0 Å². The summed E-state index contributed by atoms with van der Waals surface area (Å²) in [5.74, 6) is 7.89. The molecule has 1 fully saturated rings. The van der Waals surface area contributed by atoms with Gasteiger partial charge in [0.05, 0.1) is 0 Å². The van der Waals surface area contributed by atoms with E-state index in [0.717, 1.165) is 11.5 Å². The third kappa shape index (κ3) is 4.01. The number of esters is 1. The van der Waals surface area contributed by atoms with E-state index in [1.807, 2.05) is 42.6 Å². The van der Waals surface area contributed by atoms with Gasteiger partial charge in [-0.2, -0.15) is 0 Å². The molecule has 0 aromatic heterocycles. The fourth-order valence-electron chi connectivity index (χ4n) is 1.70. The molecule has 0 saturated carbocycles. The SMILES string of the molecule is CC#CC(/C=C/C)(OC(C)=O)C1SCCCS1. The van der Waals surface area contributed by atoms with Gasteiger partial charge in [-0.15, -0.1) is 29.4 Å². The molecule has 0 radical (unpaired) electrons. The molecule has 0 spiro atoms. The Morgan fingerprint density at radius 1 is 1.47 bits per heavy atom. The number of ether oxygens (including phenoxy) is 1. The van der Waals surface area contributed by atoms with Gasteiger partial charge in [0.25, 0.3) is 0 Å². The Bertz CT molecular complexity index is 348. The van der Waals surface area contributed by atoms with Crippen LogP contribution in [0.1, 0.15) is 27.2 Å². The Hall–Kier alpha value is -0.530. The minimum absolute atomic E-state index is 0.170. The highest BCUT2D eigenvalue weighted by Crippen LogP contribution is 2.40.